The van der Waals surface area contributed by atoms with Gasteiger partial charge in [-0.2, -0.15) is 4.31 Å². The first-order valence-corrected chi connectivity index (χ1v) is 7.70. The van der Waals surface area contributed by atoms with E-state index in [2.05, 4.69) is 0 Å². The molecule has 1 rings (SSSR count). The summed E-state index contributed by atoms with van der Waals surface area (Å²) in [6.07, 6.45) is 0.111. The molecule has 5 nitrogen and oxygen atoms in total. The lowest BCUT2D eigenvalue weighted by Crippen LogP contribution is -2.50. The molecule has 1 saturated heterocycles. The molecule has 0 saturated carbocycles. The Bertz CT molecular complexity index is 328. The predicted octanol–water partition coefficient (Wildman–Crippen LogP) is 0.444. The van der Waals surface area contributed by atoms with E-state index in [9.17, 15) is 8.42 Å². The largest absolute Gasteiger partial charge is 0.394 e. The van der Waals surface area contributed by atoms with E-state index < -0.39 is 16.1 Å². The first kappa shape index (κ1) is 14.9. The third-order valence-electron chi connectivity index (χ3n) is 2.84. The third kappa shape index (κ3) is 4.54. The number of hydrogen-bond donors (Lipinski definition) is 1. The molecule has 17 heavy (non-hydrogen) atoms. The van der Waals surface area contributed by atoms with E-state index in [-0.39, 0.29) is 25.0 Å². The van der Waals surface area contributed by atoms with Crippen LogP contribution in [0.15, 0.2) is 0 Å². The minimum absolute atomic E-state index is 0.138. The Balaban J connectivity index is 2.63. The fourth-order valence-electron chi connectivity index (χ4n) is 1.84. The minimum atomic E-state index is -3.21. The van der Waals surface area contributed by atoms with Crippen LogP contribution in [0.4, 0.5) is 0 Å². The summed E-state index contributed by atoms with van der Waals surface area (Å²) in [5.74, 6) is 0.548. The van der Waals surface area contributed by atoms with Crippen molar-refractivity contribution in [2.45, 2.75) is 39.4 Å². The van der Waals surface area contributed by atoms with Crippen LogP contribution < -0.4 is 0 Å². The number of rotatable bonds is 5. The highest BCUT2D eigenvalue weighted by Gasteiger charge is 2.32. The van der Waals surface area contributed by atoms with Crippen molar-refractivity contribution >= 4 is 10.0 Å². The summed E-state index contributed by atoms with van der Waals surface area (Å²) in [6, 6.07) is 0. The van der Waals surface area contributed by atoms with Crippen LogP contribution in [0.2, 0.25) is 0 Å². The molecule has 6 heteroatoms. The number of nitrogens with zero attached hydrogens (tertiary/aromatic N) is 1. The van der Waals surface area contributed by atoms with Crippen molar-refractivity contribution in [3.63, 3.8) is 0 Å². The summed E-state index contributed by atoms with van der Waals surface area (Å²) < 4.78 is 31.1. The molecule has 1 N–H and O–H groups in total. The minimum Gasteiger partial charge on any atom is -0.394 e. The molecule has 0 amide bonds. The number of morpholine rings is 1. The van der Waals surface area contributed by atoms with Gasteiger partial charge in [-0.05, 0) is 19.3 Å². The molecule has 0 bridgehead atoms. The van der Waals surface area contributed by atoms with Gasteiger partial charge in [-0.1, -0.05) is 13.8 Å². The first-order chi connectivity index (χ1) is 7.85. The molecule has 102 valence electrons. The second kappa shape index (κ2) is 6.13. The highest BCUT2D eigenvalue weighted by atomic mass is 32.2. The average molecular weight is 265 g/mol. The van der Waals surface area contributed by atoms with Crippen LogP contribution in [0.25, 0.3) is 0 Å². The van der Waals surface area contributed by atoms with Crippen molar-refractivity contribution in [2.24, 2.45) is 5.92 Å². The lowest BCUT2D eigenvalue weighted by Gasteiger charge is -2.35. The van der Waals surface area contributed by atoms with Gasteiger partial charge < -0.3 is 9.84 Å². The topological polar surface area (TPSA) is 66.8 Å². The Hall–Kier alpha value is -0.170. The zero-order valence-electron chi connectivity index (χ0n) is 10.8. The molecule has 1 heterocycles. The predicted molar refractivity (Wildman–Crippen MR) is 66.2 cm³/mol. The van der Waals surface area contributed by atoms with E-state index in [0.29, 0.717) is 18.9 Å². The van der Waals surface area contributed by atoms with Crippen molar-refractivity contribution in [2.75, 3.05) is 25.4 Å². The number of aliphatic hydroxyl groups excluding tert-OH is 1. The van der Waals surface area contributed by atoms with Crippen molar-refractivity contribution < 1.29 is 18.3 Å². The molecule has 0 spiro atoms. The van der Waals surface area contributed by atoms with Gasteiger partial charge in [0, 0.05) is 13.1 Å². The van der Waals surface area contributed by atoms with E-state index in [0.717, 1.165) is 0 Å². The van der Waals surface area contributed by atoms with Crippen LogP contribution in [-0.2, 0) is 14.8 Å². The molecule has 0 radical (unpaired) electrons. The molecule has 1 aliphatic heterocycles. The molecular formula is C11H23NO4S. The molecule has 0 aliphatic carbocycles. The molecule has 0 aromatic rings. The summed E-state index contributed by atoms with van der Waals surface area (Å²) in [6.45, 7) is 6.35. The molecular weight excluding hydrogens is 242 g/mol. The van der Waals surface area contributed by atoms with Crippen LogP contribution in [-0.4, -0.2) is 55.5 Å². The Kier molecular flexibility index (Phi) is 5.37. The van der Waals surface area contributed by atoms with E-state index in [1.165, 1.54) is 4.31 Å². The summed E-state index contributed by atoms with van der Waals surface area (Å²) in [5, 5.41) is 9.06. The molecule has 1 fully saturated rings. The number of ether oxygens (including phenoxy) is 1. The Labute approximate surface area is 104 Å². The lowest BCUT2D eigenvalue weighted by molar-refractivity contribution is -0.0750. The van der Waals surface area contributed by atoms with Gasteiger partial charge in [0.15, 0.2) is 0 Å². The Morgan fingerprint density at radius 1 is 1.41 bits per heavy atom. The highest BCUT2D eigenvalue weighted by Crippen LogP contribution is 2.16. The van der Waals surface area contributed by atoms with Crippen molar-refractivity contribution in [1.29, 1.82) is 0 Å². The second-order valence-electron chi connectivity index (χ2n) is 5.07. The van der Waals surface area contributed by atoms with E-state index >= 15 is 0 Å². The monoisotopic (exact) mass is 265 g/mol. The quantitative estimate of drug-likeness (QED) is 0.783. The second-order valence-corrected chi connectivity index (χ2v) is 7.16. The summed E-state index contributed by atoms with van der Waals surface area (Å²) in [4.78, 5) is 0. The van der Waals surface area contributed by atoms with E-state index in [1.54, 1.807) is 0 Å². The van der Waals surface area contributed by atoms with Crippen molar-refractivity contribution in [1.82, 2.24) is 4.31 Å². The number of sulfonamides is 1. The maximum Gasteiger partial charge on any atom is 0.214 e. The van der Waals surface area contributed by atoms with Gasteiger partial charge in [0.1, 0.15) is 0 Å². The maximum atomic E-state index is 12.1. The van der Waals surface area contributed by atoms with Gasteiger partial charge in [-0.25, -0.2) is 8.42 Å². The zero-order chi connectivity index (χ0) is 13.1. The van der Waals surface area contributed by atoms with Gasteiger partial charge in [0.25, 0.3) is 0 Å². The highest BCUT2D eigenvalue weighted by molar-refractivity contribution is 7.89. The lowest BCUT2D eigenvalue weighted by atomic mass is 10.2. The van der Waals surface area contributed by atoms with Crippen LogP contribution >= 0.6 is 0 Å². The summed E-state index contributed by atoms with van der Waals surface area (Å²) >= 11 is 0. The maximum absolute atomic E-state index is 12.1. The van der Waals surface area contributed by atoms with Gasteiger partial charge in [-0.3, -0.25) is 0 Å². The Morgan fingerprint density at radius 2 is 2.06 bits per heavy atom. The SMILES string of the molecule is CC(C)CCS(=O)(=O)N1CC(C)OC(CO)C1. The third-order valence-corrected chi connectivity index (χ3v) is 4.68. The molecule has 0 aromatic carbocycles. The zero-order valence-corrected chi connectivity index (χ0v) is 11.6. The summed E-state index contributed by atoms with van der Waals surface area (Å²) in [7, 11) is -3.21. The van der Waals surface area contributed by atoms with E-state index in [4.69, 9.17) is 9.84 Å². The average Bonchev–Trinajstić information content (AvgIpc) is 2.25. The molecule has 2 unspecified atom stereocenters. The fraction of sp³-hybridized carbons (Fsp3) is 1.00. The molecule has 1 aliphatic rings. The Morgan fingerprint density at radius 3 is 2.59 bits per heavy atom. The van der Waals surface area contributed by atoms with Crippen molar-refractivity contribution in [3.8, 4) is 0 Å². The van der Waals surface area contributed by atoms with Gasteiger partial charge >= 0.3 is 0 Å². The normalized spacial score (nSPS) is 27.6. The van der Waals surface area contributed by atoms with Gasteiger partial charge in [0.2, 0.25) is 10.0 Å². The molecule has 2 atom stereocenters. The molecule has 0 aromatic heterocycles. The van der Waals surface area contributed by atoms with Crippen LogP contribution in [0.5, 0.6) is 0 Å². The first-order valence-electron chi connectivity index (χ1n) is 6.09. The standard InChI is InChI=1S/C11H23NO4S/c1-9(2)4-5-17(14,15)12-6-10(3)16-11(7-12)8-13/h9-11,13H,4-8H2,1-3H3. The smallest absolute Gasteiger partial charge is 0.214 e. The van der Waals surface area contributed by atoms with Crippen LogP contribution in [0.3, 0.4) is 0 Å². The van der Waals surface area contributed by atoms with Crippen LogP contribution in [0.1, 0.15) is 27.2 Å². The van der Waals surface area contributed by atoms with Crippen LogP contribution in [0, 0.1) is 5.92 Å². The summed E-state index contributed by atoms with van der Waals surface area (Å²) in [5.41, 5.74) is 0. The van der Waals surface area contributed by atoms with E-state index in [1.807, 2.05) is 20.8 Å². The van der Waals surface area contributed by atoms with Crippen molar-refractivity contribution in [3.05, 3.63) is 0 Å². The van der Waals surface area contributed by atoms with Gasteiger partial charge in [-0.15, -0.1) is 0 Å². The fourth-order valence-corrected chi connectivity index (χ4v) is 3.70. The number of hydrogen-bond acceptors (Lipinski definition) is 4. The van der Waals surface area contributed by atoms with Gasteiger partial charge in [0.05, 0.1) is 24.6 Å². The number of aliphatic hydroxyl groups is 1.